The van der Waals surface area contributed by atoms with Gasteiger partial charge in [-0.2, -0.15) is 15.0 Å². The van der Waals surface area contributed by atoms with Crippen molar-refractivity contribution in [3.05, 3.63) is 0 Å². The van der Waals surface area contributed by atoms with Crippen LogP contribution in [0.25, 0.3) is 0 Å². The molecule has 0 N–H and O–H groups in total. The van der Waals surface area contributed by atoms with Crippen LogP contribution in [-0.4, -0.2) is 160 Å². The Hall–Kier alpha value is -2.67. The average molecular weight is 1510 g/mol. The number of hydrogen-bond acceptors (Lipinski definition) is 24. The number of anilines is 3. The Kier molecular flexibility index (Phi) is 61.8. The van der Waals surface area contributed by atoms with E-state index in [1.165, 1.54) is 0 Å². The molecule has 576 valence electrons. The van der Waals surface area contributed by atoms with E-state index in [0.717, 1.165) is 154 Å². The predicted molar refractivity (Wildman–Crippen MR) is 425 cm³/mol. The lowest BCUT2D eigenvalue weighted by molar-refractivity contribution is -0.145. The van der Waals surface area contributed by atoms with Gasteiger partial charge in [0.15, 0.2) is 0 Å². The van der Waals surface area contributed by atoms with E-state index < -0.39 is 0 Å². The fourth-order valence-electron chi connectivity index (χ4n) is 10.3. The second-order valence-corrected chi connectivity index (χ2v) is 32.6. The number of rotatable bonds is 69. The first-order valence-electron chi connectivity index (χ1n) is 38.5. The number of nitrogens with zero attached hydrogens (tertiary/aromatic N) is 6. The predicted octanol–water partition coefficient (Wildman–Crippen LogP) is 19.3. The molecule has 0 saturated carbocycles. The number of unbranched alkanes of at least 4 members (excludes halogenated alkanes) is 6. The summed E-state index contributed by atoms with van der Waals surface area (Å²) >= 11 is 9.44. The summed E-state index contributed by atoms with van der Waals surface area (Å²) in [6.07, 6.45) is 26.4. The lowest BCUT2D eigenvalue weighted by atomic mass is 10.0. The van der Waals surface area contributed by atoms with Gasteiger partial charge in [-0.25, -0.2) is 0 Å². The standard InChI is InChI=1S/C75H138N6O12S6/c1-13-25-31-61(19-7)49-88-67(82)37-43-94-55-79(56-95-44-38-68(83)89-50-62(20-8)32-26-14-2)73-76-74(80(57-96-45-39-69(84)90-51-63(21-9)33-27-15-3)58-97-46-40-70(85)91-52-64(22-10)34-28-16-4)78-75(77-73)81(59-98-47-41-71(86)92-53-65(23-11)35-29-17-5)60-99-48-42-72(87)93-54-66(24-12)36-30-18-6/h61-66H,13-60H2,1-12H3. The number of carbonyl (C=O) groups is 6. The lowest BCUT2D eigenvalue weighted by Gasteiger charge is -2.29. The van der Waals surface area contributed by atoms with Gasteiger partial charge in [-0.1, -0.05) is 199 Å². The van der Waals surface area contributed by atoms with Crippen LogP contribution >= 0.6 is 70.6 Å². The zero-order valence-corrected chi connectivity index (χ0v) is 68.8. The minimum atomic E-state index is -0.232. The van der Waals surface area contributed by atoms with Crippen LogP contribution in [0.5, 0.6) is 0 Å². The van der Waals surface area contributed by atoms with Crippen LogP contribution in [0.3, 0.4) is 0 Å². The highest BCUT2D eigenvalue weighted by Crippen LogP contribution is 2.29. The molecule has 1 aromatic rings. The summed E-state index contributed by atoms with van der Waals surface area (Å²) < 4.78 is 35.0. The Bertz CT molecular complexity index is 1840. The molecule has 0 saturated heterocycles. The SMILES string of the molecule is CCCCC(CC)COC(=O)CCSCN(CSCCC(=O)OCC(CC)CCCC)c1nc(N(CSCCC(=O)OCC(CC)CCCC)CSCCC(=O)OCC(CC)CCCC)nc(N(CSCCC(=O)OCC(CC)CCCC)CSCCC(=O)OCC(CC)CCCC)n1. The van der Waals surface area contributed by atoms with Crippen molar-refractivity contribution in [1.82, 2.24) is 15.0 Å². The van der Waals surface area contributed by atoms with E-state index in [-0.39, 0.29) is 74.3 Å². The van der Waals surface area contributed by atoms with Crippen molar-refractivity contribution in [2.24, 2.45) is 35.5 Å². The molecule has 1 aromatic heterocycles. The Labute approximate surface area is 627 Å². The largest absolute Gasteiger partial charge is 0.465 e. The van der Waals surface area contributed by atoms with Crippen LogP contribution < -0.4 is 14.7 Å². The first-order valence-corrected chi connectivity index (χ1v) is 45.4. The minimum Gasteiger partial charge on any atom is -0.465 e. The van der Waals surface area contributed by atoms with Crippen molar-refractivity contribution >= 4 is 124 Å². The molecule has 0 amide bonds. The van der Waals surface area contributed by atoms with Gasteiger partial charge >= 0.3 is 35.8 Å². The van der Waals surface area contributed by atoms with Crippen LogP contribution in [0, 0.1) is 35.5 Å². The number of esters is 6. The van der Waals surface area contributed by atoms with E-state index in [4.69, 9.17) is 43.4 Å². The van der Waals surface area contributed by atoms with Gasteiger partial charge in [-0.05, 0) is 74.0 Å². The van der Waals surface area contributed by atoms with Crippen molar-refractivity contribution in [2.75, 3.05) is 124 Å². The summed E-state index contributed by atoms with van der Waals surface area (Å²) in [6.45, 7) is 28.4. The maximum Gasteiger partial charge on any atom is 0.306 e. The quantitative estimate of drug-likeness (QED) is 0.0257. The van der Waals surface area contributed by atoms with E-state index >= 15 is 0 Å². The van der Waals surface area contributed by atoms with E-state index in [9.17, 15) is 28.8 Å². The number of thioether (sulfide) groups is 6. The van der Waals surface area contributed by atoms with Crippen molar-refractivity contribution in [1.29, 1.82) is 0 Å². The minimum absolute atomic E-state index is 0.227. The van der Waals surface area contributed by atoms with Crippen LogP contribution in [0.2, 0.25) is 0 Å². The zero-order chi connectivity index (χ0) is 72.9. The lowest BCUT2D eigenvalue weighted by Crippen LogP contribution is -2.32. The summed E-state index contributed by atoms with van der Waals surface area (Å²) in [5.74, 6) is 6.99. The number of ether oxygens (including phenoxy) is 6. The van der Waals surface area contributed by atoms with Gasteiger partial charge in [0.25, 0.3) is 0 Å². The van der Waals surface area contributed by atoms with E-state index in [0.29, 0.717) is 163 Å². The first kappa shape index (κ1) is 94.3. The van der Waals surface area contributed by atoms with Gasteiger partial charge in [0.2, 0.25) is 17.8 Å². The summed E-state index contributed by atoms with van der Waals surface area (Å²) in [5, 5.41) is 0. The molecule has 18 nitrogen and oxygen atoms in total. The zero-order valence-electron chi connectivity index (χ0n) is 63.9. The van der Waals surface area contributed by atoms with E-state index in [2.05, 4.69) is 97.8 Å². The molecule has 24 heteroatoms. The van der Waals surface area contributed by atoms with Crippen molar-refractivity contribution in [2.45, 2.75) is 276 Å². The molecular weight excluding hydrogens is 1370 g/mol. The van der Waals surface area contributed by atoms with Crippen LogP contribution in [0.4, 0.5) is 17.8 Å². The number of aromatic nitrogens is 3. The molecule has 0 fully saturated rings. The van der Waals surface area contributed by atoms with Gasteiger partial charge in [0, 0.05) is 34.5 Å². The van der Waals surface area contributed by atoms with Crippen molar-refractivity contribution < 1.29 is 57.2 Å². The third kappa shape index (κ3) is 49.6. The van der Waals surface area contributed by atoms with Crippen LogP contribution in [0.1, 0.15) is 276 Å². The molecule has 0 aromatic carbocycles. The smallest absolute Gasteiger partial charge is 0.306 e. The molecule has 0 aliphatic rings. The fraction of sp³-hybridized carbons (Fsp3) is 0.880. The number of hydrogen-bond donors (Lipinski definition) is 0. The van der Waals surface area contributed by atoms with Gasteiger partial charge in [-0.15, -0.1) is 70.6 Å². The summed E-state index contributed by atoms with van der Waals surface area (Å²) in [4.78, 5) is 102. The van der Waals surface area contributed by atoms with Crippen LogP contribution in [-0.2, 0) is 57.2 Å². The van der Waals surface area contributed by atoms with E-state index in [1.807, 2.05) is 0 Å². The van der Waals surface area contributed by atoms with Gasteiger partial charge in [0.1, 0.15) is 0 Å². The molecule has 0 radical (unpaired) electrons. The topological polar surface area (TPSA) is 206 Å². The number of carbonyl (C=O) groups excluding carboxylic acids is 6. The second-order valence-electron chi connectivity index (χ2n) is 26.2. The highest BCUT2D eigenvalue weighted by Gasteiger charge is 2.24. The molecule has 0 aliphatic carbocycles. The molecule has 0 spiro atoms. The third-order valence-corrected chi connectivity index (χ3v) is 23.7. The highest BCUT2D eigenvalue weighted by molar-refractivity contribution is 8.01. The van der Waals surface area contributed by atoms with Crippen LogP contribution in [0.15, 0.2) is 0 Å². The maximum atomic E-state index is 13.3. The summed E-state index contributed by atoms with van der Waals surface area (Å²) in [7, 11) is 0. The second kappa shape index (κ2) is 64.9. The highest BCUT2D eigenvalue weighted by atomic mass is 32.2. The first-order chi connectivity index (χ1) is 48.1. The average Bonchev–Trinajstić information content (AvgIpc) is 0.824. The molecular formula is C75H138N6O12S6. The molecule has 6 atom stereocenters. The summed E-state index contributed by atoms with van der Waals surface area (Å²) in [5.41, 5.74) is 0. The van der Waals surface area contributed by atoms with E-state index in [1.54, 1.807) is 70.6 Å². The normalized spacial score (nSPS) is 13.2. The molecule has 0 aliphatic heterocycles. The summed E-state index contributed by atoms with van der Waals surface area (Å²) in [6, 6.07) is 0. The van der Waals surface area contributed by atoms with Gasteiger partial charge < -0.3 is 43.1 Å². The monoisotopic (exact) mass is 1510 g/mol. The molecule has 6 unspecified atom stereocenters. The molecule has 1 heterocycles. The Morgan fingerprint density at radius 1 is 0.273 bits per heavy atom. The Balaban J connectivity index is 4.07. The Morgan fingerprint density at radius 3 is 0.556 bits per heavy atom. The van der Waals surface area contributed by atoms with Gasteiger partial charge in [-0.3, -0.25) is 28.8 Å². The third-order valence-electron chi connectivity index (χ3n) is 17.8. The molecule has 99 heavy (non-hydrogen) atoms. The fourth-order valence-corrected chi connectivity index (χ4v) is 15.8. The molecule has 1 rings (SSSR count). The Morgan fingerprint density at radius 2 is 0.424 bits per heavy atom. The molecule has 0 bridgehead atoms. The maximum absolute atomic E-state index is 13.3. The van der Waals surface area contributed by atoms with Gasteiger partial charge in [0.05, 0.1) is 113 Å². The van der Waals surface area contributed by atoms with Crippen molar-refractivity contribution in [3.8, 4) is 0 Å². The van der Waals surface area contributed by atoms with Crippen molar-refractivity contribution in [3.63, 3.8) is 0 Å².